The molecule has 1 saturated heterocycles. The van der Waals surface area contributed by atoms with E-state index in [1.807, 2.05) is 24.3 Å². The van der Waals surface area contributed by atoms with E-state index < -0.39 is 10.0 Å². The lowest BCUT2D eigenvalue weighted by atomic mass is 10.0. The van der Waals surface area contributed by atoms with E-state index in [1.54, 1.807) is 19.1 Å². The minimum Gasteiger partial charge on any atom is -0.426 e. The second-order valence-corrected chi connectivity index (χ2v) is 10.5. The Balaban J connectivity index is 0.00000324. The zero-order valence-corrected chi connectivity index (χ0v) is 23.3. The Kier molecular flexibility index (Phi) is 13.6. The van der Waals surface area contributed by atoms with E-state index in [4.69, 9.17) is 10.1 Å². The summed E-state index contributed by atoms with van der Waals surface area (Å²) in [6, 6.07) is 12.4. The summed E-state index contributed by atoms with van der Waals surface area (Å²) in [5, 5.41) is 11.2. The molecule has 1 fully saturated rings. The van der Waals surface area contributed by atoms with Crippen LogP contribution in [-0.4, -0.2) is 39.2 Å². The summed E-state index contributed by atoms with van der Waals surface area (Å²) >= 11 is 0. The fourth-order valence-corrected chi connectivity index (χ4v) is 5.40. The average Bonchev–Trinajstić information content (AvgIpc) is 2.81. The highest BCUT2D eigenvalue weighted by Crippen LogP contribution is 2.23. The zero-order valence-electron chi connectivity index (χ0n) is 20.8. The van der Waals surface area contributed by atoms with Gasteiger partial charge >= 0.3 is 5.97 Å². The molecule has 0 aromatic heterocycles. The third-order valence-electron chi connectivity index (χ3n) is 5.99. The first-order valence-corrected chi connectivity index (χ1v) is 13.5. The molecule has 7 nitrogen and oxygen atoms in total. The number of hydrogen-bond donors (Lipinski definition) is 3. The third kappa shape index (κ3) is 9.48. The quantitative estimate of drug-likeness (QED) is 0.205. The van der Waals surface area contributed by atoms with Crippen molar-refractivity contribution >= 4 is 46.5 Å². The van der Waals surface area contributed by atoms with Crippen molar-refractivity contribution in [2.24, 2.45) is 0 Å². The van der Waals surface area contributed by atoms with Gasteiger partial charge in [0.05, 0.1) is 4.90 Å². The number of ether oxygens (including phenoxy) is 1. The Hall–Kier alpha value is -1.97. The number of benzene rings is 2. The van der Waals surface area contributed by atoms with Crippen molar-refractivity contribution in [3.05, 3.63) is 59.2 Å². The molecule has 0 radical (unpaired) electrons. The summed E-state index contributed by atoms with van der Waals surface area (Å²) in [5.41, 5.74) is 3.31. The molecule has 0 spiro atoms. The smallest absolute Gasteiger partial charge is 0.311 e. The lowest BCUT2D eigenvalue weighted by Gasteiger charge is -2.23. The van der Waals surface area contributed by atoms with Gasteiger partial charge in [-0.05, 0) is 87.0 Å². The molecule has 3 rings (SSSR count). The van der Waals surface area contributed by atoms with Crippen LogP contribution in [0, 0.1) is 12.3 Å². The molecule has 0 amide bonds. The Labute approximate surface area is 227 Å². The summed E-state index contributed by atoms with van der Waals surface area (Å²) in [6.45, 7) is 5.41. The van der Waals surface area contributed by atoms with Gasteiger partial charge < -0.3 is 15.5 Å². The average molecular weight is 559 g/mol. The fourth-order valence-electron chi connectivity index (χ4n) is 4.01. The summed E-state index contributed by atoms with van der Waals surface area (Å²) in [6.07, 6.45) is 4.92. The number of carbonyl (C=O) groups excluding carboxylic acids is 1. The maximum atomic E-state index is 12.7. The Bertz CT molecular complexity index is 1100. The van der Waals surface area contributed by atoms with Gasteiger partial charge in [0.1, 0.15) is 5.75 Å². The number of aryl methyl sites for hydroxylation is 2. The van der Waals surface area contributed by atoms with Crippen molar-refractivity contribution in [1.82, 2.24) is 10.0 Å². The van der Waals surface area contributed by atoms with Crippen molar-refractivity contribution in [3.8, 4) is 5.75 Å². The minimum atomic E-state index is -3.62. The first-order valence-electron chi connectivity index (χ1n) is 12.0. The summed E-state index contributed by atoms with van der Waals surface area (Å²) in [5.74, 6) is 0.0393. The van der Waals surface area contributed by atoms with Crippen molar-refractivity contribution in [1.29, 1.82) is 5.41 Å². The van der Waals surface area contributed by atoms with Crippen molar-refractivity contribution < 1.29 is 17.9 Å². The fraction of sp³-hybridized carbons (Fsp3) is 0.462. The lowest BCUT2D eigenvalue weighted by molar-refractivity contribution is -0.134. The van der Waals surface area contributed by atoms with E-state index in [1.165, 1.54) is 6.07 Å². The predicted molar refractivity (Wildman–Crippen MR) is 149 cm³/mol. The molecule has 1 heterocycles. The molecule has 0 unspecified atom stereocenters. The van der Waals surface area contributed by atoms with Crippen molar-refractivity contribution in [2.45, 2.75) is 69.7 Å². The number of hydrogen-bond acceptors (Lipinski definition) is 6. The second-order valence-electron chi connectivity index (χ2n) is 8.83. The van der Waals surface area contributed by atoms with Crippen LogP contribution in [0.1, 0.15) is 62.1 Å². The number of sulfonamides is 1. The zero-order chi connectivity index (χ0) is 24.6. The standard InChI is InChI=1S/C26H35N3O4S.2ClH/c1-3-5-24(27)21-10-8-20(9-11-21)6-4-7-26(30)33-25-13-12-23(18-19(25)2)34(31,32)29-22-14-16-28-17-15-22;;/h8-13,18,22,27-29H,3-7,14-17H2,1-2H3;2*1H. The highest BCUT2D eigenvalue weighted by Gasteiger charge is 2.22. The normalized spacial score (nSPS) is 13.8. The van der Waals surface area contributed by atoms with Crippen LogP contribution in [-0.2, 0) is 21.2 Å². The van der Waals surface area contributed by atoms with Crippen molar-refractivity contribution in [2.75, 3.05) is 13.1 Å². The van der Waals surface area contributed by atoms with Crippen LogP contribution < -0.4 is 14.8 Å². The Morgan fingerprint density at radius 2 is 1.75 bits per heavy atom. The molecule has 0 bridgehead atoms. The molecule has 0 aliphatic carbocycles. The van der Waals surface area contributed by atoms with Crippen LogP contribution >= 0.6 is 24.8 Å². The van der Waals surface area contributed by atoms with E-state index >= 15 is 0 Å². The summed E-state index contributed by atoms with van der Waals surface area (Å²) in [4.78, 5) is 12.5. The first-order chi connectivity index (χ1) is 16.3. The SMILES string of the molecule is CCCC(=N)c1ccc(CCCC(=O)Oc2ccc(S(=O)(=O)NC3CCNCC3)cc2C)cc1.Cl.Cl. The molecule has 0 atom stereocenters. The largest absolute Gasteiger partial charge is 0.426 e. The molecule has 1 aliphatic rings. The molecule has 2 aromatic carbocycles. The van der Waals surface area contributed by atoms with Crippen LogP contribution in [0.15, 0.2) is 47.4 Å². The van der Waals surface area contributed by atoms with Crippen LogP contribution in [0.2, 0.25) is 0 Å². The molecule has 10 heteroatoms. The molecule has 0 saturated carbocycles. The van der Waals surface area contributed by atoms with Crippen LogP contribution in [0.4, 0.5) is 0 Å². The van der Waals surface area contributed by atoms with Crippen molar-refractivity contribution in [3.63, 3.8) is 0 Å². The predicted octanol–water partition coefficient (Wildman–Crippen LogP) is 4.97. The van der Waals surface area contributed by atoms with Gasteiger partial charge in [0.25, 0.3) is 0 Å². The van der Waals surface area contributed by atoms with Crippen LogP contribution in [0.5, 0.6) is 5.75 Å². The van der Waals surface area contributed by atoms with E-state index in [0.717, 1.165) is 56.3 Å². The molecule has 2 aromatic rings. The van der Waals surface area contributed by atoms with Gasteiger partial charge in [-0.1, -0.05) is 37.6 Å². The van der Waals surface area contributed by atoms with Gasteiger partial charge in [0.2, 0.25) is 10.0 Å². The highest BCUT2D eigenvalue weighted by molar-refractivity contribution is 7.89. The third-order valence-corrected chi connectivity index (χ3v) is 7.51. The maximum Gasteiger partial charge on any atom is 0.311 e. The second kappa shape index (κ2) is 15.3. The summed E-state index contributed by atoms with van der Waals surface area (Å²) in [7, 11) is -3.62. The number of halogens is 2. The number of esters is 1. The molecule has 200 valence electrons. The molecular weight excluding hydrogens is 521 g/mol. The van der Waals surface area contributed by atoms with Crippen LogP contribution in [0.3, 0.4) is 0 Å². The summed E-state index contributed by atoms with van der Waals surface area (Å²) < 4.78 is 33.7. The number of nitrogens with one attached hydrogen (secondary N) is 3. The van der Waals surface area contributed by atoms with E-state index in [9.17, 15) is 13.2 Å². The first kappa shape index (κ1) is 32.1. The van der Waals surface area contributed by atoms with Gasteiger partial charge in [-0.2, -0.15) is 0 Å². The topological polar surface area (TPSA) is 108 Å². The van der Waals surface area contributed by atoms with E-state index in [2.05, 4.69) is 17.0 Å². The number of rotatable bonds is 11. The van der Waals surface area contributed by atoms with Gasteiger partial charge in [-0.25, -0.2) is 13.1 Å². The van der Waals surface area contributed by atoms with E-state index in [-0.39, 0.29) is 48.1 Å². The van der Waals surface area contributed by atoms with Crippen LogP contribution in [0.25, 0.3) is 0 Å². The molecule has 1 aliphatic heterocycles. The molecule has 3 N–H and O–H groups in total. The number of carbonyl (C=O) groups is 1. The molecular formula is C26H37Cl2N3O4S. The minimum absolute atomic E-state index is 0. The van der Waals surface area contributed by atoms with E-state index in [0.29, 0.717) is 23.4 Å². The van der Waals surface area contributed by atoms with Gasteiger partial charge in [0.15, 0.2) is 0 Å². The Morgan fingerprint density at radius 3 is 2.36 bits per heavy atom. The maximum absolute atomic E-state index is 12.7. The highest BCUT2D eigenvalue weighted by atomic mass is 35.5. The van der Waals surface area contributed by atoms with Gasteiger partial charge in [-0.3, -0.25) is 4.79 Å². The number of piperidine rings is 1. The lowest BCUT2D eigenvalue weighted by Crippen LogP contribution is -2.42. The van der Waals surface area contributed by atoms with Gasteiger partial charge in [-0.15, -0.1) is 24.8 Å². The monoisotopic (exact) mass is 557 g/mol. The molecule has 36 heavy (non-hydrogen) atoms. The Morgan fingerprint density at radius 1 is 1.08 bits per heavy atom. The van der Waals surface area contributed by atoms with Gasteiger partial charge in [0, 0.05) is 18.2 Å².